The monoisotopic (exact) mass is 430 g/mol. The molecule has 0 saturated heterocycles. The summed E-state index contributed by atoms with van der Waals surface area (Å²) in [5.74, 6) is 0.00372. The minimum absolute atomic E-state index is 0.00372. The first-order valence-electron chi connectivity index (χ1n) is 12.3. The highest BCUT2D eigenvalue weighted by Gasteiger charge is 2.28. The van der Waals surface area contributed by atoms with E-state index in [1.165, 1.54) is 83.5 Å². The second kappa shape index (κ2) is 19.0. The lowest BCUT2D eigenvalue weighted by Crippen LogP contribution is -2.30. The molecule has 2 nitrogen and oxygen atoms in total. The van der Waals surface area contributed by atoms with Gasteiger partial charge in [0, 0.05) is 4.87 Å². The quantitative estimate of drug-likeness (QED) is 0.122. The van der Waals surface area contributed by atoms with Gasteiger partial charge in [0.05, 0.1) is 5.41 Å². The van der Waals surface area contributed by atoms with Gasteiger partial charge in [0.15, 0.2) is 0 Å². The lowest BCUT2D eigenvalue weighted by molar-refractivity contribution is -0.144. The van der Waals surface area contributed by atoms with Gasteiger partial charge < -0.3 is 4.43 Å². The molecule has 1 atom stereocenters. The Morgan fingerprint density at radius 1 is 0.786 bits per heavy atom. The Hall–Kier alpha value is 0.0369. The van der Waals surface area contributed by atoms with Crippen LogP contribution in [0.2, 0.25) is 0 Å². The summed E-state index contributed by atoms with van der Waals surface area (Å²) in [6, 6.07) is 0. The molecule has 0 heterocycles. The molecule has 0 aliphatic heterocycles. The molecule has 0 amide bonds. The topological polar surface area (TPSA) is 26.3 Å². The third-order valence-electron chi connectivity index (χ3n) is 5.74. The molecule has 0 fully saturated rings. The zero-order chi connectivity index (χ0) is 21.1. The summed E-state index contributed by atoms with van der Waals surface area (Å²) in [5, 5.41) is 0. The van der Waals surface area contributed by atoms with Crippen molar-refractivity contribution in [2.45, 2.75) is 142 Å². The molecule has 1 unspecified atom stereocenters. The standard InChI is InChI=1S/C24H50O2SSi/c1-5-7-8-9-10-11-12-13-14-15-16-17-18-19-21-24(3,4)23(25)26-28-22(27)20-6-2/h22,27H,5-21,28H2,1-4H3. The third-order valence-corrected chi connectivity index (χ3v) is 7.66. The van der Waals surface area contributed by atoms with Crippen molar-refractivity contribution in [1.82, 2.24) is 0 Å². The van der Waals surface area contributed by atoms with Crippen LogP contribution in [-0.2, 0) is 9.22 Å². The Kier molecular flexibility index (Phi) is 19.1. The van der Waals surface area contributed by atoms with Crippen molar-refractivity contribution in [3.63, 3.8) is 0 Å². The highest BCUT2D eigenvalue weighted by atomic mass is 32.1. The van der Waals surface area contributed by atoms with Gasteiger partial charge in [-0.3, -0.25) is 4.79 Å². The number of carbonyl (C=O) groups excluding carboxylic acids is 1. The van der Waals surface area contributed by atoms with Gasteiger partial charge in [-0.05, 0) is 26.7 Å². The van der Waals surface area contributed by atoms with E-state index in [0.717, 1.165) is 25.7 Å². The fourth-order valence-corrected chi connectivity index (χ4v) is 5.44. The largest absolute Gasteiger partial charge is 0.523 e. The fraction of sp³-hybridized carbons (Fsp3) is 0.958. The van der Waals surface area contributed by atoms with E-state index in [0.29, 0.717) is 4.87 Å². The molecule has 0 bridgehead atoms. The molecule has 4 heteroatoms. The summed E-state index contributed by atoms with van der Waals surface area (Å²) in [5.41, 5.74) is -0.330. The summed E-state index contributed by atoms with van der Waals surface area (Å²) in [6.07, 6.45) is 22.3. The van der Waals surface area contributed by atoms with Gasteiger partial charge >= 0.3 is 0 Å². The van der Waals surface area contributed by atoms with E-state index in [9.17, 15) is 4.79 Å². The van der Waals surface area contributed by atoms with Gasteiger partial charge in [-0.2, -0.15) is 12.6 Å². The fourth-order valence-electron chi connectivity index (χ4n) is 3.65. The number of hydrogen-bond acceptors (Lipinski definition) is 3. The average molecular weight is 431 g/mol. The van der Waals surface area contributed by atoms with Gasteiger partial charge in [-0.25, -0.2) is 0 Å². The lowest BCUT2D eigenvalue weighted by atomic mass is 9.87. The zero-order valence-electron chi connectivity index (χ0n) is 19.6. The maximum absolute atomic E-state index is 12.3. The van der Waals surface area contributed by atoms with Gasteiger partial charge in [0.2, 0.25) is 9.76 Å². The van der Waals surface area contributed by atoms with Crippen LogP contribution < -0.4 is 0 Å². The van der Waals surface area contributed by atoms with Gasteiger partial charge in [0.1, 0.15) is 0 Å². The summed E-state index contributed by atoms with van der Waals surface area (Å²) >= 11 is 4.53. The first-order valence-corrected chi connectivity index (χ1v) is 14.2. The zero-order valence-corrected chi connectivity index (χ0v) is 21.9. The maximum atomic E-state index is 12.3. The minimum atomic E-state index is -0.843. The molecule has 0 spiro atoms. The summed E-state index contributed by atoms with van der Waals surface area (Å²) < 4.78 is 5.61. The lowest BCUT2D eigenvalue weighted by Gasteiger charge is -2.23. The van der Waals surface area contributed by atoms with Gasteiger partial charge in [0.25, 0.3) is 5.97 Å². The Morgan fingerprint density at radius 2 is 1.21 bits per heavy atom. The second-order valence-electron chi connectivity index (χ2n) is 9.27. The normalized spacial score (nSPS) is 13.3. The van der Waals surface area contributed by atoms with Crippen molar-refractivity contribution in [1.29, 1.82) is 0 Å². The molecule has 0 radical (unpaired) electrons. The van der Waals surface area contributed by atoms with Crippen LogP contribution in [-0.4, -0.2) is 20.6 Å². The first-order chi connectivity index (χ1) is 13.4. The van der Waals surface area contributed by atoms with Crippen molar-refractivity contribution < 1.29 is 9.22 Å². The predicted octanol–water partition coefficient (Wildman–Crippen LogP) is 7.57. The molecule has 168 valence electrons. The summed E-state index contributed by atoms with van der Waals surface area (Å²) in [6.45, 7) is 8.52. The third kappa shape index (κ3) is 16.9. The number of thiol groups is 1. The number of carbonyl (C=O) groups is 1. The molecule has 28 heavy (non-hydrogen) atoms. The van der Waals surface area contributed by atoms with Crippen LogP contribution in [0.25, 0.3) is 0 Å². The molecule has 0 saturated carbocycles. The van der Waals surface area contributed by atoms with E-state index < -0.39 is 9.76 Å². The van der Waals surface area contributed by atoms with Crippen LogP contribution >= 0.6 is 12.6 Å². The van der Waals surface area contributed by atoms with Crippen molar-refractivity contribution in [2.24, 2.45) is 5.41 Å². The van der Waals surface area contributed by atoms with E-state index in [1.807, 2.05) is 13.8 Å². The van der Waals surface area contributed by atoms with E-state index in [-0.39, 0.29) is 11.4 Å². The first kappa shape index (κ1) is 28.0. The van der Waals surface area contributed by atoms with Crippen LogP contribution in [0.4, 0.5) is 0 Å². The molecule has 0 aliphatic carbocycles. The smallest absolute Gasteiger partial charge is 0.297 e. The Balaban J connectivity index is 3.49. The van der Waals surface area contributed by atoms with Crippen molar-refractivity contribution >= 4 is 28.4 Å². The van der Waals surface area contributed by atoms with E-state index >= 15 is 0 Å². The predicted molar refractivity (Wildman–Crippen MR) is 131 cm³/mol. The highest BCUT2D eigenvalue weighted by Crippen LogP contribution is 2.26. The maximum Gasteiger partial charge on any atom is 0.297 e. The molecule has 0 aromatic carbocycles. The van der Waals surface area contributed by atoms with Crippen LogP contribution in [0.15, 0.2) is 0 Å². The number of rotatable bonds is 20. The minimum Gasteiger partial charge on any atom is -0.523 e. The van der Waals surface area contributed by atoms with E-state index in [2.05, 4.69) is 26.5 Å². The molecule has 0 aliphatic rings. The van der Waals surface area contributed by atoms with Crippen molar-refractivity contribution in [3.8, 4) is 0 Å². The molecular formula is C24H50O2SSi. The van der Waals surface area contributed by atoms with Crippen molar-refractivity contribution in [2.75, 3.05) is 0 Å². The SMILES string of the molecule is CCCCCCCCCCCCCCCCC(C)(C)C(=O)O[SiH2]C(S)CCC. The molecule has 0 aromatic heterocycles. The van der Waals surface area contributed by atoms with Gasteiger partial charge in [-0.15, -0.1) is 0 Å². The van der Waals surface area contributed by atoms with Crippen LogP contribution in [0, 0.1) is 5.41 Å². The molecule has 0 aromatic rings. The van der Waals surface area contributed by atoms with E-state index in [1.54, 1.807) is 0 Å². The summed E-state index contributed by atoms with van der Waals surface area (Å²) in [4.78, 5) is 12.6. The van der Waals surface area contributed by atoms with Crippen LogP contribution in [0.3, 0.4) is 0 Å². The summed E-state index contributed by atoms with van der Waals surface area (Å²) in [7, 11) is -0.843. The second-order valence-corrected chi connectivity index (χ2v) is 12.3. The van der Waals surface area contributed by atoms with Crippen LogP contribution in [0.1, 0.15) is 137 Å². The van der Waals surface area contributed by atoms with Crippen molar-refractivity contribution in [3.05, 3.63) is 0 Å². The Morgan fingerprint density at radius 3 is 1.64 bits per heavy atom. The Labute approximate surface area is 184 Å². The molecular weight excluding hydrogens is 380 g/mol. The Bertz CT molecular complexity index is 361. The van der Waals surface area contributed by atoms with Crippen LogP contribution in [0.5, 0.6) is 0 Å². The van der Waals surface area contributed by atoms with Gasteiger partial charge in [-0.1, -0.05) is 110 Å². The van der Waals surface area contributed by atoms with E-state index in [4.69, 9.17) is 4.43 Å². The average Bonchev–Trinajstić information content (AvgIpc) is 2.66. The molecule has 0 rings (SSSR count). The number of unbranched alkanes of at least 4 members (excludes halogenated alkanes) is 13. The highest BCUT2D eigenvalue weighted by molar-refractivity contribution is 7.82. The molecule has 0 N–H and O–H groups in total. The number of hydrogen-bond donors (Lipinski definition) is 1.